The fraction of sp³-hybridized carbons (Fsp3) is 0.417. The van der Waals surface area contributed by atoms with Gasteiger partial charge in [0.25, 0.3) is 0 Å². The van der Waals surface area contributed by atoms with E-state index in [1.165, 1.54) is 11.1 Å². The quantitative estimate of drug-likeness (QED) is 0.803. The first-order chi connectivity index (χ1) is 7.77. The predicted molar refractivity (Wildman–Crippen MR) is 65.8 cm³/mol. The van der Waals surface area contributed by atoms with E-state index in [9.17, 15) is 0 Å². The van der Waals surface area contributed by atoms with Crippen LogP contribution in [0.5, 0.6) is 0 Å². The molecule has 3 nitrogen and oxygen atoms in total. The van der Waals surface area contributed by atoms with Crippen molar-refractivity contribution in [3.8, 4) is 0 Å². The molecular formula is C12H13BrN2O. The van der Waals surface area contributed by atoms with Crippen LogP contribution in [0.3, 0.4) is 0 Å². The summed E-state index contributed by atoms with van der Waals surface area (Å²) >= 11 is 3.54. The van der Waals surface area contributed by atoms with E-state index < -0.39 is 0 Å². The summed E-state index contributed by atoms with van der Waals surface area (Å²) in [5, 5.41) is 0. The van der Waals surface area contributed by atoms with E-state index in [1.54, 1.807) is 0 Å². The molecule has 2 aromatic rings. The summed E-state index contributed by atoms with van der Waals surface area (Å²) in [6.45, 7) is 3.75. The van der Waals surface area contributed by atoms with Crippen molar-refractivity contribution >= 4 is 21.4 Å². The zero-order chi connectivity index (χ0) is 11.1. The fourth-order valence-corrected chi connectivity index (χ4v) is 2.99. The number of hydrogen-bond donors (Lipinski definition) is 0. The molecule has 1 aliphatic heterocycles. The first kappa shape index (κ1) is 10.3. The molecule has 1 fully saturated rings. The topological polar surface area (TPSA) is 26.5 Å². The van der Waals surface area contributed by atoms with Gasteiger partial charge < -0.3 is 9.14 Å². The van der Waals surface area contributed by atoms with Crippen molar-refractivity contribution in [1.82, 2.24) is 9.38 Å². The minimum absolute atomic E-state index is 0.431. The monoisotopic (exact) mass is 280 g/mol. The van der Waals surface area contributed by atoms with Crippen molar-refractivity contribution in [1.29, 1.82) is 0 Å². The lowest BCUT2D eigenvalue weighted by atomic mass is 10.1. The van der Waals surface area contributed by atoms with Gasteiger partial charge >= 0.3 is 0 Å². The maximum atomic E-state index is 5.43. The van der Waals surface area contributed by atoms with Gasteiger partial charge in [-0.2, -0.15) is 0 Å². The van der Waals surface area contributed by atoms with Crippen molar-refractivity contribution < 1.29 is 4.74 Å². The molecule has 4 heteroatoms. The molecule has 3 rings (SSSR count). The smallest absolute Gasteiger partial charge is 0.132 e. The van der Waals surface area contributed by atoms with E-state index in [1.807, 2.05) is 0 Å². The van der Waals surface area contributed by atoms with E-state index in [0.29, 0.717) is 5.92 Å². The number of hydrogen-bond acceptors (Lipinski definition) is 2. The first-order valence-electron chi connectivity index (χ1n) is 5.48. The lowest BCUT2D eigenvalue weighted by Gasteiger charge is -2.06. The van der Waals surface area contributed by atoms with Crippen LogP contribution in [0.2, 0.25) is 0 Å². The zero-order valence-corrected chi connectivity index (χ0v) is 10.7. The number of fused-ring (bicyclic) bond motifs is 1. The predicted octanol–water partition coefficient (Wildman–Crippen LogP) is 2.91. The van der Waals surface area contributed by atoms with Crippen LogP contribution < -0.4 is 0 Å². The second-order valence-electron chi connectivity index (χ2n) is 4.23. The highest BCUT2D eigenvalue weighted by molar-refractivity contribution is 9.10. The number of halogens is 1. The fourth-order valence-electron chi connectivity index (χ4n) is 2.30. The lowest BCUT2D eigenvalue weighted by molar-refractivity contribution is 0.193. The Labute approximate surface area is 103 Å². The van der Waals surface area contributed by atoms with E-state index in [4.69, 9.17) is 4.74 Å². The van der Waals surface area contributed by atoms with Crippen LogP contribution in [-0.2, 0) is 4.74 Å². The number of ether oxygens (including phenoxy) is 1. The van der Waals surface area contributed by atoms with Gasteiger partial charge in [0, 0.05) is 18.7 Å². The minimum Gasteiger partial charge on any atom is -0.381 e. The molecule has 0 aliphatic carbocycles. The van der Waals surface area contributed by atoms with E-state index in [2.05, 4.69) is 50.6 Å². The van der Waals surface area contributed by atoms with E-state index in [0.717, 1.165) is 30.1 Å². The molecule has 2 aromatic heterocycles. The molecule has 0 bridgehead atoms. The van der Waals surface area contributed by atoms with Gasteiger partial charge in [0.05, 0.1) is 12.1 Å². The largest absolute Gasteiger partial charge is 0.381 e. The normalized spacial score (nSPS) is 20.8. The van der Waals surface area contributed by atoms with Crippen LogP contribution in [0, 0.1) is 6.92 Å². The molecule has 0 radical (unpaired) electrons. The highest BCUT2D eigenvalue weighted by atomic mass is 79.9. The molecule has 16 heavy (non-hydrogen) atoms. The van der Waals surface area contributed by atoms with Gasteiger partial charge in [0.15, 0.2) is 0 Å². The van der Waals surface area contributed by atoms with Crippen LogP contribution in [-0.4, -0.2) is 22.6 Å². The van der Waals surface area contributed by atoms with Crippen molar-refractivity contribution in [2.75, 3.05) is 13.2 Å². The van der Waals surface area contributed by atoms with Gasteiger partial charge in [-0.25, -0.2) is 4.98 Å². The Bertz CT molecular complexity index is 529. The summed E-state index contributed by atoms with van der Waals surface area (Å²) in [4.78, 5) is 4.63. The number of aryl methyl sites for hydroxylation is 1. The van der Waals surface area contributed by atoms with Gasteiger partial charge in [0.1, 0.15) is 10.4 Å². The van der Waals surface area contributed by atoms with Crippen molar-refractivity contribution in [3.63, 3.8) is 0 Å². The third-order valence-corrected chi connectivity index (χ3v) is 3.70. The molecule has 84 valence electrons. The second-order valence-corrected chi connectivity index (χ2v) is 4.98. The summed E-state index contributed by atoms with van der Waals surface area (Å²) in [7, 11) is 0. The first-order valence-corrected chi connectivity index (χ1v) is 6.27. The average Bonchev–Trinajstić information content (AvgIpc) is 2.86. The Kier molecular flexibility index (Phi) is 2.48. The Balaban J connectivity index is 2.22. The summed E-state index contributed by atoms with van der Waals surface area (Å²) in [6, 6.07) is 4.17. The lowest BCUT2D eigenvalue weighted by Crippen LogP contribution is -2.03. The highest BCUT2D eigenvalue weighted by Crippen LogP contribution is 2.29. The molecule has 0 amide bonds. The molecule has 1 unspecified atom stereocenters. The number of pyridine rings is 1. The molecular weight excluding hydrogens is 268 g/mol. The van der Waals surface area contributed by atoms with Crippen LogP contribution in [0.1, 0.15) is 23.7 Å². The van der Waals surface area contributed by atoms with Crippen LogP contribution in [0.4, 0.5) is 0 Å². The maximum Gasteiger partial charge on any atom is 0.132 e. The number of aromatic nitrogens is 2. The van der Waals surface area contributed by atoms with E-state index >= 15 is 0 Å². The number of rotatable bonds is 1. The van der Waals surface area contributed by atoms with E-state index in [-0.39, 0.29) is 0 Å². The molecule has 1 aliphatic rings. The van der Waals surface area contributed by atoms with Crippen LogP contribution >= 0.6 is 15.9 Å². The summed E-state index contributed by atoms with van der Waals surface area (Å²) in [5.74, 6) is 1.55. The summed E-state index contributed by atoms with van der Waals surface area (Å²) < 4.78 is 8.55. The molecule has 0 saturated carbocycles. The molecule has 0 spiro atoms. The third kappa shape index (κ3) is 1.48. The standard InChI is InChI=1S/C12H13BrN2O/c1-8-3-2-5-15-10(8)11(13)14-12(15)9-4-6-16-7-9/h2-3,5,9H,4,6-7H2,1H3. The molecule has 0 aromatic carbocycles. The number of imidazole rings is 1. The zero-order valence-electron chi connectivity index (χ0n) is 9.11. The Morgan fingerprint density at radius 2 is 2.44 bits per heavy atom. The third-order valence-electron chi connectivity index (χ3n) is 3.15. The highest BCUT2D eigenvalue weighted by Gasteiger charge is 2.23. The maximum absolute atomic E-state index is 5.43. The average molecular weight is 281 g/mol. The summed E-state index contributed by atoms with van der Waals surface area (Å²) in [5.41, 5.74) is 2.41. The van der Waals surface area contributed by atoms with Crippen molar-refractivity contribution in [2.45, 2.75) is 19.3 Å². The van der Waals surface area contributed by atoms with Crippen molar-refractivity contribution in [3.05, 3.63) is 34.3 Å². The SMILES string of the molecule is Cc1cccn2c(C3CCOC3)nc(Br)c12. The summed E-state index contributed by atoms with van der Waals surface area (Å²) in [6.07, 6.45) is 3.15. The van der Waals surface area contributed by atoms with Gasteiger partial charge in [-0.1, -0.05) is 6.07 Å². The molecule has 1 atom stereocenters. The molecule has 1 saturated heterocycles. The molecule has 3 heterocycles. The second kappa shape index (κ2) is 3.86. The Hall–Kier alpha value is -0.870. The number of nitrogens with zero attached hydrogens (tertiary/aromatic N) is 2. The van der Waals surface area contributed by atoms with Crippen LogP contribution in [0.25, 0.3) is 5.52 Å². The van der Waals surface area contributed by atoms with Gasteiger partial charge in [-0.3, -0.25) is 0 Å². The Morgan fingerprint density at radius 3 is 3.19 bits per heavy atom. The van der Waals surface area contributed by atoms with Crippen molar-refractivity contribution in [2.24, 2.45) is 0 Å². The van der Waals surface area contributed by atoms with Crippen LogP contribution in [0.15, 0.2) is 22.9 Å². The van der Waals surface area contributed by atoms with Gasteiger partial charge in [-0.15, -0.1) is 0 Å². The molecule has 0 N–H and O–H groups in total. The minimum atomic E-state index is 0.431. The van der Waals surface area contributed by atoms with Gasteiger partial charge in [0.2, 0.25) is 0 Å². The van der Waals surface area contributed by atoms with Gasteiger partial charge in [-0.05, 0) is 40.9 Å². The Morgan fingerprint density at radius 1 is 1.56 bits per heavy atom.